The second-order valence-corrected chi connectivity index (χ2v) is 8.94. The van der Waals surface area contributed by atoms with Gasteiger partial charge in [-0.3, -0.25) is 29.2 Å². The number of hydrogen-bond donors (Lipinski definition) is 0. The summed E-state index contributed by atoms with van der Waals surface area (Å²) in [6.07, 6.45) is 3.35. The van der Waals surface area contributed by atoms with Crippen LogP contribution in [0, 0.1) is 13.8 Å². The van der Waals surface area contributed by atoms with E-state index in [0.29, 0.717) is 16.3 Å². The fourth-order valence-corrected chi connectivity index (χ4v) is 4.91. The van der Waals surface area contributed by atoms with Gasteiger partial charge in [-0.1, -0.05) is 35.6 Å². The molecule has 3 heterocycles. The number of rotatable bonds is 5. The molecule has 0 fully saturated rings. The van der Waals surface area contributed by atoms with Gasteiger partial charge >= 0.3 is 0 Å². The SMILES string of the molecule is Cc1ccc2sc(N(Cc3cccnc3)C(=O)CN3C(=O)c4ccccc4C3=O)nc2c1C. The number of carbonyl (C=O) groups is 3. The summed E-state index contributed by atoms with van der Waals surface area (Å²) in [7, 11) is 0. The van der Waals surface area contributed by atoms with Crippen LogP contribution in [0.1, 0.15) is 37.4 Å². The Balaban J connectivity index is 1.50. The average Bonchev–Trinajstić information content (AvgIpc) is 3.36. The van der Waals surface area contributed by atoms with Gasteiger partial charge in [0.1, 0.15) is 6.54 Å². The van der Waals surface area contributed by atoms with Crippen LogP contribution in [0.2, 0.25) is 0 Å². The van der Waals surface area contributed by atoms with Gasteiger partial charge in [0.05, 0.1) is 27.9 Å². The van der Waals surface area contributed by atoms with Gasteiger partial charge in [0, 0.05) is 12.4 Å². The highest BCUT2D eigenvalue weighted by molar-refractivity contribution is 7.22. The molecule has 0 saturated carbocycles. The van der Waals surface area contributed by atoms with Gasteiger partial charge < -0.3 is 0 Å². The predicted octanol–water partition coefficient (Wildman–Crippen LogP) is 4.14. The van der Waals surface area contributed by atoms with E-state index in [4.69, 9.17) is 4.98 Å². The van der Waals surface area contributed by atoms with E-state index in [1.165, 1.54) is 16.2 Å². The lowest BCUT2D eigenvalue weighted by molar-refractivity contribution is -0.119. The Morgan fingerprint density at radius 1 is 1.00 bits per heavy atom. The van der Waals surface area contributed by atoms with Crippen molar-refractivity contribution in [2.75, 3.05) is 11.4 Å². The van der Waals surface area contributed by atoms with Crippen LogP contribution in [0.3, 0.4) is 0 Å². The molecule has 2 aromatic carbocycles. The zero-order valence-electron chi connectivity index (χ0n) is 18.1. The standard InChI is InChI=1S/C25H20N4O3S/c1-15-9-10-20-22(16(15)2)27-25(33-20)28(13-17-6-5-11-26-12-17)21(30)14-29-23(31)18-7-3-4-8-19(18)24(29)32/h3-12H,13-14H2,1-2H3. The van der Waals surface area contributed by atoms with Crippen molar-refractivity contribution in [1.82, 2.24) is 14.9 Å². The van der Waals surface area contributed by atoms with E-state index in [0.717, 1.165) is 31.8 Å². The van der Waals surface area contributed by atoms with Crippen LogP contribution in [0.15, 0.2) is 60.9 Å². The summed E-state index contributed by atoms with van der Waals surface area (Å²) < 4.78 is 0.970. The Bertz CT molecular complexity index is 1380. The molecule has 7 nitrogen and oxygen atoms in total. The van der Waals surface area contributed by atoms with Crippen molar-refractivity contribution in [3.63, 3.8) is 0 Å². The molecule has 0 unspecified atom stereocenters. The van der Waals surface area contributed by atoms with Crippen LogP contribution in [0.25, 0.3) is 10.2 Å². The lowest BCUT2D eigenvalue weighted by Gasteiger charge is -2.22. The lowest BCUT2D eigenvalue weighted by atomic mass is 10.1. The van der Waals surface area contributed by atoms with Crippen molar-refractivity contribution < 1.29 is 14.4 Å². The first-order valence-electron chi connectivity index (χ1n) is 10.5. The first-order valence-corrected chi connectivity index (χ1v) is 11.3. The molecule has 0 radical (unpaired) electrons. The number of fused-ring (bicyclic) bond motifs is 2. The zero-order valence-corrected chi connectivity index (χ0v) is 18.9. The number of nitrogens with zero attached hydrogens (tertiary/aromatic N) is 4. The molecule has 4 aromatic rings. The second-order valence-electron chi connectivity index (χ2n) is 7.93. The number of carbonyl (C=O) groups excluding carboxylic acids is 3. The van der Waals surface area contributed by atoms with E-state index in [9.17, 15) is 14.4 Å². The van der Waals surface area contributed by atoms with Crippen molar-refractivity contribution in [2.24, 2.45) is 0 Å². The van der Waals surface area contributed by atoms with Crippen LogP contribution >= 0.6 is 11.3 Å². The number of benzene rings is 2. The highest BCUT2D eigenvalue weighted by Gasteiger charge is 2.37. The summed E-state index contributed by atoms with van der Waals surface area (Å²) in [6, 6.07) is 14.3. The van der Waals surface area contributed by atoms with Crippen LogP contribution < -0.4 is 4.90 Å². The molecular weight excluding hydrogens is 436 g/mol. The molecule has 2 aromatic heterocycles. The third-order valence-electron chi connectivity index (χ3n) is 5.84. The van der Waals surface area contributed by atoms with Crippen LogP contribution in [0.4, 0.5) is 5.13 Å². The molecule has 33 heavy (non-hydrogen) atoms. The van der Waals surface area contributed by atoms with Crippen molar-refractivity contribution >= 4 is 44.4 Å². The van der Waals surface area contributed by atoms with E-state index in [-0.39, 0.29) is 19.0 Å². The number of amides is 3. The molecule has 0 atom stereocenters. The van der Waals surface area contributed by atoms with Crippen molar-refractivity contribution in [3.05, 3.63) is 88.7 Å². The topological polar surface area (TPSA) is 83.5 Å². The van der Waals surface area contributed by atoms with E-state index < -0.39 is 11.8 Å². The van der Waals surface area contributed by atoms with Gasteiger partial charge in [-0.05, 0) is 54.8 Å². The largest absolute Gasteiger partial charge is 0.282 e. The summed E-state index contributed by atoms with van der Waals surface area (Å²) in [5.41, 5.74) is 4.49. The minimum Gasteiger partial charge on any atom is -0.282 e. The maximum Gasteiger partial charge on any atom is 0.262 e. The molecule has 1 aliphatic rings. The molecule has 1 aliphatic heterocycles. The summed E-state index contributed by atoms with van der Waals surface area (Å²) in [5.74, 6) is -1.30. The van der Waals surface area contributed by atoms with Crippen LogP contribution in [0.5, 0.6) is 0 Å². The molecule has 0 saturated heterocycles. The highest BCUT2D eigenvalue weighted by Crippen LogP contribution is 2.33. The highest BCUT2D eigenvalue weighted by atomic mass is 32.1. The first-order chi connectivity index (χ1) is 15.9. The molecule has 8 heteroatoms. The summed E-state index contributed by atoms with van der Waals surface area (Å²) in [5, 5.41) is 0.518. The van der Waals surface area contributed by atoms with Crippen LogP contribution in [-0.2, 0) is 11.3 Å². The number of imide groups is 1. The van der Waals surface area contributed by atoms with E-state index in [2.05, 4.69) is 4.98 Å². The fraction of sp³-hybridized carbons (Fsp3) is 0.160. The molecule has 0 spiro atoms. The number of anilines is 1. The first kappa shape index (κ1) is 21.0. The Kier molecular flexibility index (Phi) is 5.22. The minimum absolute atomic E-state index is 0.230. The number of pyridine rings is 1. The molecule has 164 valence electrons. The maximum atomic E-state index is 13.5. The van der Waals surface area contributed by atoms with Crippen LogP contribution in [-0.4, -0.2) is 39.1 Å². The zero-order chi connectivity index (χ0) is 23.1. The Hall–Kier alpha value is -3.91. The minimum atomic E-state index is -0.457. The molecule has 5 rings (SSSR count). The lowest BCUT2D eigenvalue weighted by Crippen LogP contribution is -2.42. The Labute approximate surface area is 194 Å². The molecule has 0 N–H and O–H groups in total. The smallest absolute Gasteiger partial charge is 0.262 e. The number of aryl methyl sites for hydroxylation is 2. The summed E-state index contributed by atoms with van der Waals surface area (Å²) >= 11 is 1.41. The van der Waals surface area contributed by atoms with E-state index in [1.807, 2.05) is 32.0 Å². The monoisotopic (exact) mass is 456 g/mol. The van der Waals surface area contributed by atoms with Crippen molar-refractivity contribution in [2.45, 2.75) is 20.4 Å². The number of hydrogen-bond acceptors (Lipinski definition) is 6. The Morgan fingerprint density at radius 2 is 1.73 bits per heavy atom. The van der Waals surface area contributed by atoms with Crippen molar-refractivity contribution in [1.29, 1.82) is 0 Å². The third-order valence-corrected chi connectivity index (χ3v) is 6.88. The maximum absolute atomic E-state index is 13.5. The van der Waals surface area contributed by atoms with Crippen molar-refractivity contribution in [3.8, 4) is 0 Å². The Morgan fingerprint density at radius 3 is 2.39 bits per heavy atom. The molecule has 0 bridgehead atoms. The van der Waals surface area contributed by atoms with Gasteiger partial charge in [0.2, 0.25) is 5.91 Å². The molecule has 0 aliphatic carbocycles. The summed E-state index contributed by atoms with van der Waals surface area (Å²) in [4.78, 5) is 50.5. The van der Waals surface area contributed by atoms with Gasteiger partial charge in [-0.25, -0.2) is 4.98 Å². The molecular formula is C25H20N4O3S. The molecule has 3 amide bonds. The summed E-state index contributed by atoms with van der Waals surface area (Å²) in [6.45, 7) is 3.90. The van der Waals surface area contributed by atoms with Gasteiger partial charge in [0.15, 0.2) is 5.13 Å². The average molecular weight is 457 g/mol. The second kappa shape index (κ2) is 8.22. The quantitative estimate of drug-likeness (QED) is 0.422. The third kappa shape index (κ3) is 3.68. The van der Waals surface area contributed by atoms with Gasteiger partial charge in [0.25, 0.3) is 11.8 Å². The van der Waals surface area contributed by atoms with E-state index >= 15 is 0 Å². The predicted molar refractivity (Wildman–Crippen MR) is 126 cm³/mol. The van der Waals surface area contributed by atoms with Gasteiger partial charge in [-0.15, -0.1) is 0 Å². The normalized spacial score (nSPS) is 13.0. The van der Waals surface area contributed by atoms with Gasteiger partial charge in [-0.2, -0.15) is 0 Å². The van der Waals surface area contributed by atoms with E-state index in [1.54, 1.807) is 42.7 Å². The number of aromatic nitrogens is 2. The fourth-order valence-electron chi connectivity index (χ4n) is 3.87. The number of thiazole rings is 1.